The number of ether oxygens (including phenoxy) is 1. The molecule has 0 aliphatic rings. The molecule has 0 saturated carbocycles. The van der Waals surface area contributed by atoms with Crippen molar-refractivity contribution >= 4 is 17.7 Å². The number of nitrogens with zero attached hydrogens (tertiary/aromatic N) is 1. The molecule has 0 unspecified atom stereocenters. The molecule has 0 aliphatic heterocycles. The molecule has 0 spiro atoms. The monoisotopic (exact) mass is 402 g/mol. The molecular weight excluding hydrogens is 380 g/mol. The summed E-state index contributed by atoms with van der Waals surface area (Å²) in [6.45, 7) is 0.535. The molecule has 5 heteroatoms. The van der Waals surface area contributed by atoms with Crippen molar-refractivity contribution in [3.8, 4) is 22.9 Å². The Morgan fingerprint density at radius 3 is 2.52 bits per heavy atom. The summed E-state index contributed by atoms with van der Waals surface area (Å²) in [6, 6.07) is 27.5. The number of para-hydroxylation sites is 1. The van der Waals surface area contributed by atoms with Crippen LogP contribution in [0.2, 0.25) is 0 Å². The van der Waals surface area contributed by atoms with Crippen molar-refractivity contribution in [3.05, 3.63) is 90.0 Å². The van der Waals surface area contributed by atoms with Gasteiger partial charge in [0.1, 0.15) is 5.75 Å². The lowest BCUT2D eigenvalue weighted by molar-refractivity contribution is -0.122. The molecule has 3 aromatic carbocycles. The molecule has 0 radical (unpaired) electrons. The molecule has 29 heavy (non-hydrogen) atoms. The summed E-state index contributed by atoms with van der Waals surface area (Å²) < 4.78 is 5.76. The lowest BCUT2D eigenvalue weighted by Crippen LogP contribution is -2.30. The van der Waals surface area contributed by atoms with Crippen molar-refractivity contribution in [1.82, 2.24) is 5.32 Å². The fourth-order valence-electron chi connectivity index (χ4n) is 2.84. The van der Waals surface area contributed by atoms with E-state index in [0.717, 1.165) is 28.2 Å². The standard InChI is InChI=1S/C24H22N2O2S/c25-16-20-10-4-5-11-21(20)18-29-15-14-26-24(27)17-28-23-13-7-6-12-22(23)19-8-2-1-3-9-19/h1-13H,14-15,17-18H2,(H,26,27). The number of amides is 1. The van der Waals surface area contributed by atoms with E-state index < -0.39 is 0 Å². The molecule has 4 nitrogen and oxygen atoms in total. The topological polar surface area (TPSA) is 62.1 Å². The van der Waals surface area contributed by atoms with E-state index in [-0.39, 0.29) is 12.5 Å². The molecule has 0 saturated heterocycles. The number of hydrogen-bond donors (Lipinski definition) is 1. The highest BCUT2D eigenvalue weighted by molar-refractivity contribution is 7.98. The van der Waals surface area contributed by atoms with Crippen LogP contribution in [0.3, 0.4) is 0 Å². The first-order chi connectivity index (χ1) is 14.3. The highest BCUT2D eigenvalue weighted by Gasteiger charge is 2.08. The summed E-state index contributed by atoms with van der Waals surface area (Å²) in [5, 5.41) is 12.0. The van der Waals surface area contributed by atoms with Crippen LogP contribution in [-0.2, 0) is 10.5 Å². The van der Waals surface area contributed by atoms with Crippen LogP contribution in [0.15, 0.2) is 78.9 Å². The van der Waals surface area contributed by atoms with Crippen LogP contribution in [0.25, 0.3) is 11.1 Å². The van der Waals surface area contributed by atoms with Crippen LogP contribution in [0.5, 0.6) is 5.75 Å². The highest BCUT2D eigenvalue weighted by atomic mass is 32.2. The summed E-state index contributed by atoms with van der Waals surface area (Å²) in [6.07, 6.45) is 0. The van der Waals surface area contributed by atoms with E-state index in [0.29, 0.717) is 17.9 Å². The van der Waals surface area contributed by atoms with Crippen molar-refractivity contribution in [2.45, 2.75) is 5.75 Å². The van der Waals surface area contributed by atoms with Gasteiger partial charge < -0.3 is 10.1 Å². The van der Waals surface area contributed by atoms with Gasteiger partial charge in [-0.15, -0.1) is 0 Å². The van der Waals surface area contributed by atoms with Gasteiger partial charge in [-0.25, -0.2) is 0 Å². The zero-order valence-corrected chi connectivity index (χ0v) is 16.8. The molecule has 0 bridgehead atoms. The van der Waals surface area contributed by atoms with E-state index in [1.54, 1.807) is 11.8 Å². The molecule has 0 fully saturated rings. The summed E-state index contributed by atoms with van der Waals surface area (Å²) in [4.78, 5) is 12.1. The number of hydrogen-bond acceptors (Lipinski definition) is 4. The summed E-state index contributed by atoms with van der Waals surface area (Å²) in [5.41, 5.74) is 3.74. The van der Waals surface area contributed by atoms with E-state index in [9.17, 15) is 4.79 Å². The van der Waals surface area contributed by atoms with E-state index in [4.69, 9.17) is 10.00 Å². The first-order valence-electron chi connectivity index (χ1n) is 9.37. The lowest BCUT2D eigenvalue weighted by Gasteiger charge is -2.12. The Labute approximate surface area is 175 Å². The Hall–Kier alpha value is -3.23. The Bertz CT molecular complexity index is 983. The average Bonchev–Trinajstić information content (AvgIpc) is 2.78. The van der Waals surface area contributed by atoms with Gasteiger partial charge in [0.05, 0.1) is 11.6 Å². The van der Waals surface area contributed by atoms with Crippen LogP contribution in [0.1, 0.15) is 11.1 Å². The number of rotatable bonds is 9. The van der Waals surface area contributed by atoms with Crippen molar-refractivity contribution in [3.63, 3.8) is 0 Å². The third kappa shape index (κ3) is 6.13. The zero-order valence-electron chi connectivity index (χ0n) is 16.0. The minimum Gasteiger partial charge on any atom is -0.483 e. The van der Waals surface area contributed by atoms with Gasteiger partial charge in [0, 0.05) is 23.6 Å². The molecule has 0 heterocycles. The SMILES string of the molecule is N#Cc1ccccc1CSCCNC(=O)COc1ccccc1-c1ccccc1. The lowest BCUT2D eigenvalue weighted by atomic mass is 10.1. The predicted molar refractivity (Wildman–Crippen MR) is 118 cm³/mol. The van der Waals surface area contributed by atoms with E-state index in [2.05, 4.69) is 11.4 Å². The second-order valence-corrected chi connectivity index (χ2v) is 7.43. The molecule has 0 aromatic heterocycles. The molecule has 1 N–H and O–H groups in total. The fourth-order valence-corrected chi connectivity index (χ4v) is 3.71. The second-order valence-electron chi connectivity index (χ2n) is 6.32. The minimum atomic E-state index is -0.147. The fraction of sp³-hybridized carbons (Fsp3) is 0.167. The van der Waals surface area contributed by atoms with Gasteiger partial charge in [-0.2, -0.15) is 17.0 Å². The molecule has 1 amide bonds. The van der Waals surface area contributed by atoms with Gasteiger partial charge in [0.2, 0.25) is 0 Å². The van der Waals surface area contributed by atoms with E-state index >= 15 is 0 Å². The Balaban J connectivity index is 1.42. The summed E-state index contributed by atoms with van der Waals surface area (Å²) in [7, 11) is 0. The number of nitrogens with one attached hydrogen (secondary N) is 1. The smallest absolute Gasteiger partial charge is 0.257 e. The van der Waals surface area contributed by atoms with Crippen LogP contribution in [0, 0.1) is 11.3 Å². The van der Waals surface area contributed by atoms with Gasteiger partial charge in [-0.1, -0.05) is 66.7 Å². The van der Waals surface area contributed by atoms with Crippen LogP contribution in [0.4, 0.5) is 0 Å². The first-order valence-corrected chi connectivity index (χ1v) is 10.5. The highest BCUT2D eigenvalue weighted by Crippen LogP contribution is 2.29. The van der Waals surface area contributed by atoms with Gasteiger partial charge in [-0.3, -0.25) is 4.79 Å². The molecule has 146 valence electrons. The minimum absolute atomic E-state index is 0.0220. The third-order valence-corrected chi connectivity index (χ3v) is 5.30. The normalized spacial score (nSPS) is 10.2. The van der Waals surface area contributed by atoms with E-state index in [1.165, 1.54) is 0 Å². The third-order valence-electron chi connectivity index (χ3n) is 4.29. The second kappa shape index (κ2) is 10.9. The van der Waals surface area contributed by atoms with Crippen LogP contribution in [-0.4, -0.2) is 24.8 Å². The number of carbonyl (C=O) groups is 1. The maximum atomic E-state index is 12.1. The van der Waals surface area contributed by atoms with Gasteiger partial charge >= 0.3 is 0 Å². The van der Waals surface area contributed by atoms with Crippen molar-refractivity contribution < 1.29 is 9.53 Å². The average molecular weight is 403 g/mol. The maximum Gasteiger partial charge on any atom is 0.257 e. The van der Waals surface area contributed by atoms with Gasteiger partial charge in [-0.05, 0) is 23.3 Å². The van der Waals surface area contributed by atoms with Gasteiger partial charge in [0.15, 0.2) is 6.61 Å². The van der Waals surface area contributed by atoms with Crippen LogP contribution >= 0.6 is 11.8 Å². The molecule has 3 aromatic rings. The molecule has 0 aliphatic carbocycles. The Morgan fingerprint density at radius 2 is 1.69 bits per heavy atom. The van der Waals surface area contributed by atoms with Crippen molar-refractivity contribution in [2.24, 2.45) is 0 Å². The summed E-state index contributed by atoms with van der Waals surface area (Å²) in [5.74, 6) is 2.06. The van der Waals surface area contributed by atoms with Crippen molar-refractivity contribution in [2.75, 3.05) is 18.9 Å². The first kappa shape index (κ1) is 20.5. The Kier molecular flexibility index (Phi) is 7.73. The summed E-state index contributed by atoms with van der Waals surface area (Å²) >= 11 is 1.69. The van der Waals surface area contributed by atoms with Crippen molar-refractivity contribution in [1.29, 1.82) is 5.26 Å². The zero-order chi connectivity index (χ0) is 20.3. The maximum absolute atomic E-state index is 12.1. The van der Waals surface area contributed by atoms with Gasteiger partial charge in [0.25, 0.3) is 5.91 Å². The number of benzene rings is 3. The largest absolute Gasteiger partial charge is 0.483 e. The van der Waals surface area contributed by atoms with E-state index in [1.807, 2.05) is 78.9 Å². The number of thioether (sulfide) groups is 1. The Morgan fingerprint density at radius 1 is 0.966 bits per heavy atom. The molecule has 3 rings (SSSR count). The van der Waals surface area contributed by atoms with Crippen LogP contribution < -0.4 is 10.1 Å². The quantitative estimate of drug-likeness (QED) is 0.529. The number of nitriles is 1. The predicted octanol–water partition coefficient (Wildman–Crippen LogP) is 4.65. The molecular formula is C24H22N2O2S. The number of carbonyl (C=O) groups excluding carboxylic acids is 1. The molecule has 0 atom stereocenters.